The fourth-order valence-corrected chi connectivity index (χ4v) is 7.19. The highest BCUT2D eigenvalue weighted by Gasteiger charge is 2.37. The van der Waals surface area contributed by atoms with Gasteiger partial charge >= 0.3 is 0 Å². The zero-order valence-corrected chi connectivity index (χ0v) is 16.8. The van der Waals surface area contributed by atoms with E-state index in [9.17, 15) is 8.42 Å². The quantitative estimate of drug-likeness (QED) is 0.710. The van der Waals surface area contributed by atoms with Crippen molar-refractivity contribution in [2.24, 2.45) is 0 Å². The Kier molecular flexibility index (Phi) is 5.59. The van der Waals surface area contributed by atoms with Gasteiger partial charge in [0.1, 0.15) is 0 Å². The summed E-state index contributed by atoms with van der Waals surface area (Å²) in [7, 11) is -3.30. The Labute approximate surface area is 156 Å². The largest absolute Gasteiger partial charge is 0.223 e. The Morgan fingerprint density at radius 2 is 1.56 bits per heavy atom. The van der Waals surface area contributed by atoms with Crippen molar-refractivity contribution in [3.8, 4) is 0 Å². The summed E-state index contributed by atoms with van der Waals surface area (Å²) in [5, 5.41) is -0.169. The molecule has 0 heterocycles. The summed E-state index contributed by atoms with van der Waals surface area (Å²) in [6.07, 6.45) is 3.84. The summed E-state index contributed by atoms with van der Waals surface area (Å²) < 4.78 is 26.6. The van der Waals surface area contributed by atoms with Crippen LogP contribution in [0.4, 0.5) is 0 Å². The molecular weight excluding hydrogens is 348 g/mol. The molecule has 1 saturated carbocycles. The summed E-state index contributed by atoms with van der Waals surface area (Å²) in [6.45, 7) is 6.07. The maximum absolute atomic E-state index is 13.3. The van der Waals surface area contributed by atoms with Crippen molar-refractivity contribution in [2.45, 2.75) is 66.7 Å². The molecule has 0 spiro atoms. The van der Waals surface area contributed by atoms with Crippen LogP contribution in [0.25, 0.3) is 0 Å². The number of hydrogen-bond donors (Lipinski definition) is 0. The number of hydrogen-bond acceptors (Lipinski definition) is 3. The first kappa shape index (κ1) is 18.5. The van der Waals surface area contributed by atoms with E-state index in [2.05, 4.69) is 31.2 Å². The molecule has 0 saturated heterocycles. The second-order valence-electron chi connectivity index (χ2n) is 7.08. The van der Waals surface area contributed by atoms with Crippen molar-refractivity contribution in [1.82, 2.24) is 0 Å². The second kappa shape index (κ2) is 7.55. The zero-order chi connectivity index (χ0) is 18.0. The van der Waals surface area contributed by atoms with Gasteiger partial charge in [-0.3, -0.25) is 0 Å². The minimum Gasteiger partial charge on any atom is -0.223 e. The van der Waals surface area contributed by atoms with E-state index < -0.39 is 9.84 Å². The topological polar surface area (TPSA) is 34.1 Å². The van der Waals surface area contributed by atoms with Crippen molar-refractivity contribution in [1.29, 1.82) is 0 Å². The lowest BCUT2D eigenvalue weighted by Crippen LogP contribution is -2.35. The Morgan fingerprint density at radius 1 is 0.880 bits per heavy atom. The van der Waals surface area contributed by atoms with E-state index in [0.717, 1.165) is 41.7 Å². The van der Waals surface area contributed by atoms with Crippen LogP contribution in [0.5, 0.6) is 0 Å². The van der Waals surface area contributed by atoms with E-state index in [1.54, 1.807) is 17.8 Å². The van der Waals surface area contributed by atoms with E-state index in [4.69, 9.17) is 0 Å². The molecule has 0 unspecified atom stereocenters. The zero-order valence-electron chi connectivity index (χ0n) is 15.2. The monoisotopic (exact) mass is 374 g/mol. The average molecular weight is 375 g/mol. The second-order valence-corrected chi connectivity index (χ2v) is 10.6. The number of benzene rings is 2. The molecule has 3 rings (SSSR count). The molecule has 0 aliphatic heterocycles. The van der Waals surface area contributed by atoms with E-state index in [-0.39, 0.29) is 10.5 Å². The number of rotatable bonds is 4. The summed E-state index contributed by atoms with van der Waals surface area (Å²) in [5.41, 5.74) is 3.40. The third-order valence-electron chi connectivity index (χ3n) is 5.16. The molecule has 2 aromatic carbocycles. The van der Waals surface area contributed by atoms with Crippen LogP contribution in [-0.2, 0) is 9.84 Å². The predicted molar refractivity (Wildman–Crippen MR) is 106 cm³/mol. The standard InChI is InChI=1S/C21H26O2S2/c1-15-8-11-18(12-9-15)24-20-6-4-5-7-21(20)25(22,23)19-13-10-16(2)17(3)14-19/h8-14,20-21H,4-7H2,1-3H3/t20-,21+/m0/s1. The Hall–Kier alpha value is -1.26. The Balaban J connectivity index is 1.88. The van der Waals surface area contributed by atoms with Crippen molar-refractivity contribution in [3.63, 3.8) is 0 Å². The van der Waals surface area contributed by atoms with Gasteiger partial charge in [0.2, 0.25) is 0 Å². The van der Waals surface area contributed by atoms with E-state index in [0.29, 0.717) is 4.90 Å². The highest BCUT2D eigenvalue weighted by molar-refractivity contribution is 8.01. The van der Waals surface area contributed by atoms with Gasteiger partial charge in [0.25, 0.3) is 0 Å². The van der Waals surface area contributed by atoms with Crippen LogP contribution in [0.3, 0.4) is 0 Å². The molecule has 4 heteroatoms. The summed E-state index contributed by atoms with van der Waals surface area (Å²) in [5.74, 6) is 0. The molecule has 1 aliphatic rings. The molecule has 1 fully saturated rings. The minimum atomic E-state index is -3.30. The normalized spacial score (nSPS) is 21.2. The van der Waals surface area contributed by atoms with Gasteiger partial charge in [-0.25, -0.2) is 8.42 Å². The van der Waals surface area contributed by atoms with E-state index in [1.165, 1.54) is 5.56 Å². The van der Waals surface area contributed by atoms with Gasteiger partial charge < -0.3 is 0 Å². The fourth-order valence-electron chi connectivity index (χ4n) is 3.41. The lowest BCUT2D eigenvalue weighted by molar-refractivity contribution is 0.493. The predicted octanol–water partition coefficient (Wildman–Crippen LogP) is 5.49. The first-order valence-corrected chi connectivity index (χ1v) is 11.3. The van der Waals surface area contributed by atoms with Gasteiger partial charge in [-0.05, 0) is 69.0 Å². The lowest BCUT2D eigenvalue weighted by atomic mass is 10.00. The molecular formula is C21H26O2S2. The first-order chi connectivity index (χ1) is 11.9. The smallest absolute Gasteiger partial charge is 0.182 e. The van der Waals surface area contributed by atoms with Crippen LogP contribution in [-0.4, -0.2) is 18.9 Å². The molecule has 0 amide bonds. The van der Waals surface area contributed by atoms with Crippen molar-refractivity contribution < 1.29 is 8.42 Å². The molecule has 0 radical (unpaired) electrons. The van der Waals surface area contributed by atoms with Gasteiger partial charge in [0.05, 0.1) is 10.1 Å². The number of aryl methyl sites for hydroxylation is 3. The van der Waals surface area contributed by atoms with Crippen molar-refractivity contribution in [3.05, 3.63) is 59.2 Å². The molecule has 0 aromatic heterocycles. The molecule has 2 atom stereocenters. The molecule has 0 N–H and O–H groups in total. The molecule has 134 valence electrons. The maximum Gasteiger partial charge on any atom is 0.182 e. The van der Waals surface area contributed by atoms with Gasteiger partial charge in [-0.2, -0.15) is 0 Å². The van der Waals surface area contributed by atoms with Gasteiger partial charge in [0, 0.05) is 10.1 Å². The SMILES string of the molecule is Cc1ccc(S[C@H]2CCCC[C@H]2S(=O)(=O)c2ccc(C)c(C)c2)cc1. The summed E-state index contributed by atoms with van der Waals surface area (Å²) in [6, 6.07) is 13.9. The number of thioether (sulfide) groups is 1. The van der Waals surface area contributed by atoms with Gasteiger partial charge in [0.15, 0.2) is 9.84 Å². The third kappa shape index (κ3) is 4.12. The van der Waals surface area contributed by atoms with Crippen LogP contribution in [0, 0.1) is 20.8 Å². The van der Waals surface area contributed by atoms with E-state index in [1.807, 2.05) is 26.0 Å². The molecule has 25 heavy (non-hydrogen) atoms. The minimum absolute atomic E-state index is 0.128. The Morgan fingerprint density at radius 3 is 2.24 bits per heavy atom. The summed E-state index contributed by atoms with van der Waals surface area (Å²) in [4.78, 5) is 1.65. The third-order valence-corrected chi connectivity index (χ3v) is 9.01. The fraction of sp³-hybridized carbons (Fsp3) is 0.429. The van der Waals surface area contributed by atoms with E-state index >= 15 is 0 Å². The maximum atomic E-state index is 13.3. The molecule has 0 bridgehead atoms. The van der Waals surface area contributed by atoms with Crippen LogP contribution in [0.15, 0.2) is 52.3 Å². The Bertz CT molecular complexity index is 839. The van der Waals surface area contributed by atoms with Crippen LogP contribution < -0.4 is 0 Å². The average Bonchev–Trinajstić information content (AvgIpc) is 2.59. The highest BCUT2D eigenvalue weighted by Crippen LogP contribution is 2.39. The lowest BCUT2D eigenvalue weighted by Gasteiger charge is -2.31. The van der Waals surface area contributed by atoms with Gasteiger partial charge in [-0.1, -0.05) is 36.6 Å². The highest BCUT2D eigenvalue weighted by atomic mass is 32.2. The molecule has 2 aromatic rings. The van der Waals surface area contributed by atoms with Crippen molar-refractivity contribution >= 4 is 21.6 Å². The van der Waals surface area contributed by atoms with Crippen molar-refractivity contribution in [2.75, 3.05) is 0 Å². The van der Waals surface area contributed by atoms with Crippen LogP contribution >= 0.6 is 11.8 Å². The summed E-state index contributed by atoms with van der Waals surface area (Å²) >= 11 is 1.73. The van der Waals surface area contributed by atoms with Crippen LogP contribution in [0.2, 0.25) is 0 Å². The van der Waals surface area contributed by atoms with Crippen LogP contribution in [0.1, 0.15) is 42.4 Å². The van der Waals surface area contributed by atoms with Gasteiger partial charge in [-0.15, -0.1) is 11.8 Å². The first-order valence-electron chi connectivity index (χ1n) is 8.92. The number of sulfone groups is 1. The molecule has 2 nitrogen and oxygen atoms in total. The molecule has 1 aliphatic carbocycles.